The van der Waals surface area contributed by atoms with Gasteiger partial charge in [-0.25, -0.2) is 22.7 Å². The number of para-hydroxylation sites is 2. The average Bonchev–Trinajstić information content (AvgIpc) is 3.27. The van der Waals surface area contributed by atoms with Gasteiger partial charge in [-0.05, 0) is 36.8 Å². The predicted octanol–water partition coefficient (Wildman–Crippen LogP) is 3.87. The van der Waals surface area contributed by atoms with E-state index in [1.807, 2.05) is 30.3 Å². The monoisotopic (exact) mass is 429 g/mol. The Balaban J connectivity index is 1.68. The molecule has 0 radical (unpaired) electrons. The highest BCUT2D eigenvalue weighted by Crippen LogP contribution is 2.27. The number of hydrogen-bond acceptors (Lipinski definition) is 5. The van der Waals surface area contributed by atoms with Crippen LogP contribution in [0.25, 0.3) is 22.1 Å². The summed E-state index contributed by atoms with van der Waals surface area (Å²) in [7, 11) is -0.426. The van der Waals surface area contributed by atoms with Crippen LogP contribution < -0.4 is 0 Å². The zero-order valence-corrected chi connectivity index (χ0v) is 18.2. The van der Waals surface area contributed by atoms with Gasteiger partial charge >= 0.3 is 0 Å². The molecule has 9 heteroatoms. The van der Waals surface area contributed by atoms with Crippen molar-refractivity contribution < 1.29 is 8.42 Å². The van der Waals surface area contributed by atoms with Crippen molar-refractivity contribution >= 4 is 43.9 Å². The van der Waals surface area contributed by atoms with Crippen molar-refractivity contribution in [1.82, 2.24) is 23.8 Å². The minimum atomic E-state index is -3.49. The van der Waals surface area contributed by atoms with E-state index in [-0.39, 0.29) is 4.90 Å². The van der Waals surface area contributed by atoms with Crippen molar-refractivity contribution in [2.45, 2.75) is 35.7 Å². The number of rotatable bonds is 7. The molecule has 0 fully saturated rings. The van der Waals surface area contributed by atoms with Crippen LogP contribution in [-0.2, 0) is 22.3 Å². The van der Waals surface area contributed by atoms with Gasteiger partial charge in [-0.15, -0.1) is 0 Å². The lowest BCUT2D eigenvalue weighted by Gasteiger charge is -2.11. The number of benzene rings is 2. The smallest absolute Gasteiger partial charge is 0.242 e. The van der Waals surface area contributed by atoms with Crippen LogP contribution >= 0.6 is 11.8 Å². The maximum absolute atomic E-state index is 12.5. The van der Waals surface area contributed by atoms with Crippen molar-refractivity contribution in [2.75, 3.05) is 14.1 Å². The molecule has 0 saturated heterocycles. The molecule has 7 nitrogen and oxygen atoms in total. The number of hydrogen-bond donors (Lipinski definition) is 1. The number of aryl methyl sites for hydroxylation is 1. The molecule has 2 aromatic carbocycles. The normalized spacial score (nSPS) is 12.4. The second kappa shape index (κ2) is 7.81. The third-order valence-corrected chi connectivity index (χ3v) is 7.41. The van der Waals surface area contributed by atoms with Crippen LogP contribution in [0.5, 0.6) is 0 Å². The molecule has 2 aromatic heterocycles. The summed E-state index contributed by atoms with van der Waals surface area (Å²) < 4.78 is 28.3. The highest BCUT2D eigenvalue weighted by Gasteiger charge is 2.20. The first-order valence-electron chi connectivity index (χ1n) is 9.39. The third kappa shape index (κ3) is 3.77. The molecule has 4 rings (SSSR count). The van der Waals surface area contributed by atoms with E-state index >= 15 is 0 Å². The summed E-state index contributed by atoms with van der Waals surface area (Å²) >= 11 is 1.59. The number of sulfonamides is 1. The van der Waals surface area contributed by atoms with E-state index in [0.29, 0.717) is 11.3 Å². The zero-order valence-electron chi connectivity index (χ0n) is 16.6. The van der Waals surface area contributed by atoms with Gasteiger partial charge in [0.05, 0.1) is 32.7 Å². The molecule has 29 heavy (non-hydrogen) atoms. The van der Waals surface area contributed by atoms with E-state index in [9.17, 15) is 8.42 Å². The molecule has 0 aliphatic heterocycles. The molecule has 0 spiro atoms. The van der Waals surface area contributed by atoms with Crippen molar-refractivity contribution in [3.63, 3.8) is 0 Å². The molecule has 2 heterocycles. The summed E-state index contributed by atoms with van der Waals surface area (Å²) in [5.41, 5.74) is 3.59. The lowest BCUT2D eigenvalue weighted by Crippen LogP contribution is -2.22. The lowest BCUT2D eigenvalue weighted by molar-refractivity contribution is 0.521. The van der Waals surface area contributed by atoms with E-state index in [1.54, 1.807) is 23.9 Å². The van der Waals surface area contributed by atoms with Gasteiger partial charge in [0, 0.05) is 20.6 Å². The van der Waals surface area contributed by atoms with Gasteiger partial charge < -0.3 is 9.55 Å². The number of nitrogens with one attached hydrogen (secondary N) is 1. The summed E-state index contributed by atoms with van der Waals surface area (Å²) in [4.78, 5) is 12.9. The Morgan fingerprint density at radius 3 is 2.62 bits per heavy atom. The maximum atomic E-state index is 12.5. The standard InChI is InChI=1S/C20H23N5O2S2/c1-4-11-25-18-10-9-14(29(26,27)24(2)3)12-17(18)21-19(25)13-28-20-22-15-7-5-6-8-16(15)23-20/h5-10,12H,4,11,13H2,1-3H3,(H,22,23). The van der Waals surface area contributed by atoms with Gasteiger partial charge in [-0.2, -0.15) is 0 Å². The number of nitrogens with zero attached hydrogens (tertiary/aromatic N) is 4. The summed E-state index contributed by atoms with van der Waals surface area (Å²) in [6, 6.07) is 13.1. The molecule has 0 bridgehead atoms. The van der Waals surface area contributed by atoms with Crippen molar-refractivity contribution in [1.29, 1.82) is 0 Å². The molecule has 0 unspecified atom stereocenters. The molecule has 0 amide bonds. The fourth-order valence-electron chi connectivity index (χ4n) is 3.24. The van der Waals surface area contributed by atoms with Gasteiger partial charge in [0.25, 0.3) is 0 Å². The zero-order chi connectivity index (χ0) is 20.6. The van der Waals surface area contributed by atoms with E-state index < -0.39 is 10.0 Å². The number of aromatic nitrogens is 4. The Hall–Kier alpha value is -2.36. The topological polar surface area (TPSA) is 83.9 Å². The summed E-state index contributed by atoms with van der Waals surface area (Å²) in [6.07, 6.45) is 0.964. The Morgan fingerprint density at radius 1 is 1.10 bits per heavy atom. The fraction of sp³-hybridized carbons (Fsp3) is 0.300. The van der Waals surface area contributed by atoms with Crippen LogP contribution in [0.1, 0.15) is 19.2 Å². The Morgan fingerprint density at radius 2 is 1.90 bits per heavy atom. The van der Waals surface area contributed by atoms with Crippen LogP contribution in [0.4, 0.5) is 0 Å². The highest BCUT2D eigenvalue weighted by molar-refractivity contribution is 7.98. The van der Waals surface area contributed by atoms with Crippen LogP contribution in [0.15, 0.2) is 52.5 Å². The molecule has 0 saturated carbocycles. The van der Waals surface area contributed by atoms with Crippen LogP contribution in [0.3, 0.4) is 0 Å². The Labute approximate surface area is 174 Å². The largest absolute Gasteiger partial charge is 0.333 e. The van der Waals surface area contributed by atoms with Gasteiger partial charge in [0.2, 0.25) is 10.0 Å². The van der Waals surface area contributed by atoms with Gasteiger partial charge in [-0.3, -0.25) is 0 Å². The minimum Gasteiger partial charge on any atom is -0.333 e. The number of aromatic amines is 1. The quantitative estimate of drug-likeness (QED) is 0.451. The minimum absolute atomic E-state index is 0.257. The first kappa shape index (κ1) is 19.9. The first-order valence-corrected chi connectivity index (χ1v) is 11.8. The molecular formula is C20H23N5O2S2. The van der Waals surface area contributed by atoms with Gasteiger partial charge in [0.1, 0.15) is 5.82 Å². The van der Waals surface area contributed by atoms with Crippen LogP contribution in [0.2, 0.25) is 0 Å². The van der Waals surface area contributed by atoms with Crippen LogP contribution in [0, 0.1) is 0 Å². The van der Waals surface area contributed by atoms with E-state index in [2.05, 4.69) is 21.5 Å². The fourth-order valence-corrected chi connectivity index (χ4v) is 5.00. The number of fused-ring (bicyclic) bond motifs is 2. The number of thioether (sulfide) groups is 1. The SMILES string of the molecule is CCCn1c(CSc2nc3ccccc3[nH]2)nc2cc(S(=O)(=O)N(C)C)ccc21. The van der Waals surface area contributed by atoms with Gasteiger partial charge in [-0.1, -0.05) is 30.8 Å². The van der Waals surface area contributed by atoms with Crippen molar-refractivity contribution in [3.05, 3.63) is 48.3 Å². The predicted molar refractivity (Wildman–Crippen MR) is 117 cm³/mol. The second-order valence-corrected chi connectivity index (χ2v) is 10.1. The van der Waals surface area contributed by atoms with Crippen molar-refractivity contribution in [3.8, 4) is 0 Å². The molecule has 152 valence electrons. The first-order chi connectivity index (χ1) is 13.9. The molecule has 0 aliphatic carbocycles. The third-order valence-electron chi connectivity index (χ3n) is 4.73. The Bertz CT molecular complexity index is 1240. The van der Waals surface area contributed by atoms with Crippen LogP contribution in [-0.4, -0.2) is 46.3 Å². The molecule has 0 aliphatic rings. The summed E-state index contributed by atoms with van der Waals surface area (Å²) in [6.45, 7) is 2.94. The van der Waals surface area contributed by atoms with E-state index in [4.69, 9.17) is 4.98 Å². The number of H-pyrrole nitrogens is 1. The molecular weight excluding hydrogens is 406 g/mol. The highest BCUT2D eigenvalue weighted by atomic mass is 32.2. The Kier molecular flexibility index (Phi) is 5.37. The van der Waals surface area contributed by atoms with E-state index in [1.165, 1.54) is 18.4 Å². The van der Waals surface area contributed by atoms with Crippen molar-refractivity contribution in [2.24, 2.45) is 0 Å². The molecule has 4 aromatic rings. The summed E-state index contributed by atoms with van der Waals surface area (Å²) in [5, 5.41) is 0.845. The summed E-state index contributed by atoms with van der Waals surface area (Å²) in [5.74, 6) is 1.55. The lowest BCUT2D eigenvalue weighted by atomic mass is 10.3. The number of imidazole rings is 2. The molecule has 1 N–H and O–H groups in total. The van der Waals surface area contributed by atoms with Gasteiger partial charge in [0.15, 0.2) is 5.16 Å². The maximum Gasteiger partial charge on any atom is 0.242 e. The molecule has 0 atom stereocenters. The second-order valence-electron chi connectivity index (χ2n) is 6.97. The van der Waals surface area contributed by atoms with E-state index in [0.717, 1.165) is 40.5 Å². The average molecular weight is 430 g/mol.